The van der Waals surface area contributed by atoms with Crippen LogP contribution in [0.25, 0.3) is 0 Å². The lowest BCUT2D eigenvalue weighted by Crippen LogP contribution is -2.80. The van der Waals surface area contributed by atoms with E-state index in [-0.39, 0.29) is 0 Å². The summed E-state index contributed by atoms with van der Waals surface area (Å²) in [5.41, 5.74) is 0. The Hall–Kier alpha value is -2.59. The molecular formula is C20H4F37. The van der Waals surface area contributed by atoms with Crippen LogP contribution in [0.1, 0.15) is 6.92 Å². The van der Waals surface area contributed by atoms with Gasteiger partial charge >= 0.3 is 107 Å². The van der Waals surface area contributed by atoms with Crippen LogP contribution >= 0.6 is 0 Å². The zero-order valence-electron chi connectivity index (χ0n) is 24.6. The summed E-state index contributed by atoms with van der Waals surface area (Å²) >= 11 is 0. The fourth-order valence-corrected chi connectivity index (χ4v) is 3.33. The molecule has 0 saturated carbocycles. The van der Waals surface area contributed by atoms with Crippen LogP contribution in [0.5, 0.6) is 0 Å². The molecule has 0 heterocycles. The van der Waals surface area contributed by atoms with Gasteiger partial charge in [-0.15, -0.1) is 0 Å². The highest BCUT2D eigenvalue weighted by molar-refractivity contribution is 5.23. The molecule has 0 N–H and O–H groups in total. The quantitative estimate of drug-likeness (QED) is 0.128. The van der Waals surface area contributed by atoms with Crippen molar-refractivity contribution in [3.8, 4) is 0 Å². The molecule has 0 rings (SSSR count). The Morgan fingerprint density at radius 3 is 0.386 bits per heavy atom. The second kappa shape index (κ2) is 13.0. The third-order valence-corrected chi connectivity index (χ3v) is 7.05. The Morgan fingerprint density at radius 1 is 0.175 bits per heavy atom. The fraction of sp³-hybridized carbons (Fsp3) is 0.950. The first-order valence-corrected chi connectivity index (χ1v) is 12.1. The van der Waals surface area contributed by atoms with E-state index in [0.29, 0.717) is 0 Å². The summed E-state index contributed by atoms with van der Waals surface area (Å²) in [5, 5.41) is 0. The molecule has 0 bridgehead atoms. The van der Waals surface area contributed by atoms with Gasteiger partial charge in [-0.2, -0.15) is 162 Å². The van der Waals surface area contributed by atoms with Crippen LogP contribution in [0.4, 0.5) is 162 Å². The Morgan fingerprint density at radius 2 is 0.281 bits per heavy atom. The summed E-state index contributed by atoms with van der Waals surface area (Å²) in [4.78, 5) is 0. The summed E-state index contributed by atoms with van der Waals surface area (Å²) in [6.45, 7) is -0.602. The van der Waals surface area contributed by atoms with E-state index in [4.69, 9.17) is 0 Å². The van der Waals surface area contributed by atoms with E-state index in [0.717, 1.165) is 0 Å². The Balaban J connectivity index is 7.86. The maximum Gasteiger partial charge on any atom is 0.460 e. The summed E-state index contributed by atoms with van der Waals surface area (Å²) in [6, 6.07) is 0. The molecule has 0 unspecified atom stereocenters. The van der Waals surface area contributed by atoms with Crippen LogP contribution in [0, 0.1) is 6.42 Å². The van der Waals surface area contributed by atoms with Crippen molar-refractivity contribution < 1.29 is 162 Å². The lowest BCUT2D eigenvalue weighted by Gasteiger charge is -2.47. The average Bonchev–Trinajstić information content (AvgIpc) is 2.98. The Labute approximate surface area is 284 Å². The van der Waals surface area contributed by atoms with Gasteiger partial charge in [0.2, 0.25) is 0 Å². The van der Waals surface area contributed by atoms with E-state index >= 15 is 0 Å². The lowest BCUT2D eigenvalue weighted by atomic mass is 9.82. The first-order chi connectivity index (χ1) is 23.8. The molecule has 0 aliphatic carbocycles. The van der Waals surface area contributed by atoms with Crippen molar-refractivity contribution in [1.82, 2.24) is 0 Å². The summed E-state index contributed by atoms with van der Waals surface area (Å²) in [6.07, 6.45) is -10.2. The van der Waals surface area contributed by atoms with Crippen LogP contribution in [0.2, 0.25) is 0 Å². The average molecular weight is 947 g/mol. The van der Waals surface area contributed by atoms with Crippen LogP contribution in [-0.2, 0) is 0 Å². The summed E-state index contributed by atoms with van der Waals surface area (Å²) < 4.78 is 498. The highest BCUT2D eigenvalue weighted by Gasteiger charge is 3.02. The van der Waals surface area contributed by atoms with E-state index < -0.39 is 120 Å². The molecule has 0 saturated heterocycles. The number of alkyl halides is 37. The normalized spacial score (nSPS) is 17.4. The van der Waals surface area contributed by atoms with Crippen molar-refractivity contribution in [2.45, 2.75) is 114 Å². The van der Waals surface area contributed by atoms with Crippen LogP contribution in [0.3, 0.4) is 0 Å². The van der Waals surface area contributed by atoms with Crippen molar-refractivity contribution in [2.24, 2.45) is 0 Å². The predicted molar refractivity (Wildman–Crippen MR) is 100 cm³/mol. The molecule has 1 radical (unpaired) electrons. The van der Waals surface area contributed by atoms with E-state index in [1.807, 2.05) is 0 Å². The Bertz CT molecular complexity index is 1450. The van der Waals surface area contributed by atoms with Gasteiger partial charge in [0.25, 0.3) is 0 Å². The molecular weight excluding hydrogens is 943 g/mol. The molecule has 0 amide bonds. The third-order valence-electron chi connectivity index (χ3n) is 7.05. The second-order valence-corrected chi connectivity index (χ2v) is 10.6. The van der Waals surface area contributed by atoms with Crippen molar-refractivity contribution in [1.29, 1.82) is 0 Å². The maximum absolute atomic E-state index is 13.9. The third kappa shape index (κ3) is 6.00. The van der Waals surface area contributed by atoms with Gasteiger partial charge in [0.05, 0.1) is 0 Å². The SMILES string of the molecule is C[CH]C(F)(F)C(F)(F)C(F)(F)C(F)(F)C(F)(F)C(F)(F)C(F)(F)C(F)(F)C(F)(F)C(F)(F)C(F)(F)C(F)(F)C(F)(F)C(F)(F)C(F)(F)C(F)(F)C(F)(F)C(F)(F)F. The van der Waals surface area contributed by atoms with E-state index in [2.05, 4.69) is 0 Å². The van der Waals surface area contributed by atoms with Gasteiger partial charge in [-0.3, -0.25) is 0 Å². The van der Waals surface area contributed by atoms with Crippen LogP contribution in [0.15, 0.2) is 0 Å². The number of rotatable bonds is 17. The van der Waals surface area contributed by atoms with Crippen LogP contribution in [-0.4, -0.2) is 107 Å². The molecule has 0 nitrogen and oxygen atoms in total. The lowest BCUT2D eigenvalue weighted by molar-refractivity contribution is -0.493. The predicted octanol–water partition coefficient (Wildman–Crippen LogP) is 12.6. The van der Waals surface area contributed by atoms with E-state index in [1.165, 1.54) is 0 Å². The Kier molecular flexibility index (Phi) is 12.4. The number of hydrogen-bond donors (Lipinski definition) is 0. The second-order valence-electron chi connectivity index (χ2n) is 10.6. The standard InChI is InChI=1S/C20H4F37/c1-2-3(21,22)4(23,24)5(25,26)6(27,28)7(29,30)8(31,32)9(33,34)10(35,36)11(37,38)12(39,40)13(41,42)14(43,44)15(45,46)16(47,48)17(49,50)18(51,52)19(53,54)20(55,56)57/h2H,1H3. The first-order valence-electron chi connectivity index (χ1n) is 12.1. The molecule has 0 aromatic rings. The topological polar surface area (TPSA) is 0 Å². The minimum Gasteiger partial charge on any atom is -0.199 e. The van der Waals surface area contributed by atoms with Crippen molar-refractivity contribution >= 4 is 0 Å². The smallest absolute Gasteiger partial charge is 0.199 e. The minimum absolute atomic E-state index is 0.602. The largest absolute Gasteiger partial charge is 0.460 e. The van der Waals surface area contributed by atoms with Crippen molar-refractivity contribution in [3.63, 3.8) is 0 Å². The summed E-state index contributed by atoms with van der Waals surface area (Å²) in [7, 11) is 0. The van der Waals surface area contributed by atoms with E-state index in [1.54, 1.807) is 0 Å². The zero-order valence-corrected chi connectivity index (χ0v) is 24.6. The first kappa shape index (κ1) is 54.4. The van der Waals surface area contributed by atoms with Gasteiger partial charge in [-0.05, 0) is 0 Å². The van der Waals surface area contributed by atoms with Crippen molar-refractivity contribution in [3.05, 3.63) is 6.42 Å². The molecule has 0 spiro atoms. The molecule has 0 aromatic carbocycles. The number of hydrogen-bond acceptors (Lipinski definition) is 0. The molecule has 0 aliphatic heterocycles. The van der Waals surface area contributed by atoms with Gasteiger partial charge in [-0.25, -0.2) is 0 Å². The monoisotopic (exact) mass is 947 g/mol. The maximum atomic E-state index is 13.9. The molecule has 0 aliphatic rings. The van der Waals surface area contributed by atoms with Crippen LogP contribution < -0.4 is 0 Å². The number of halogens is 37. The van der Waals surface area contributed by atoms with Gasteiger partial charge < -0.3 is 0 Å². The highest BCUT2D eigenvalue weighted by atomic mass is 19.4. The van der Waals surface area contributed by atoms with Crippen molar-refractivity contribution in [2.75, 3.05) is 0 Å². The minimum atomic E-state index is -10.4. The van der Waals surface area contributed by atoms with Gasteiger partial charge in [0, 0.05) is 6.42 Å². The van der Waals surface area contributed by atoms with Gasteiger partial charge in [-0.1, -0.05) is 6.92 Å². The highest BCUT2D eigenvalue weighted by Crippen LogP contribution is 2.70. The molecule has 57 heavy (non-hydrogen) atoms. The van der Waals surface area contributed by atoms with E-state index in [9.17, 15) is 162 Å². The summed E-state index contributed by atoms with van der Waals surface area (Å²) in [5.74, 6) is -165. The zero-order chi connectivity index (χ0) is 47.7. The molecule has 0 fully saturated rings. The fourth-order valence-electron chi connectivity index (χ4n) is 3.33. The van der Waals surface area contributed by atoms with Gasteiger partial charge in [0.1, 0.15) is 0 Å². The molecule has 37 heteroatoms. The molecule has 0 atom stereocenters. The van der Waals surface area contributed by atoms with Gasteiger partial charge in [0.15, 0.2) is 0 Å². The molecule has 0 aromatic heterocycles. The molecule has 343 valence electrons.